The average Bonchev–Trinajstić information content (AvgIpc) is 2.66. The number of carbonyl (C=O) groups is 2. The molecule has 0 spiro atoms. The van der Waals surface area contributed by atoms with Crippen LogP contribution in [0.5, 0.6) is 0 Å². The predicted octanol–water partition coefficient (Wildman–Crippen LogP) is 2.00. The number of alkyl halides is 3. The fourth-order valence-corrected chi connectivity index (χ4v) is 4.20. The first-order valence-electron chi connectivity index (χ1n) is 10.0. The molecule has 1 aromatic carbocycles. The van der Waals surface area contributed by atoms with Gasteiger partial charge in [-0.1, -0.05) is 13.0 Å². The van der Waals surface area contributed by atoms with Gasteiger partial charge in [0.05, 0.1) is 43.5 Å². The summed E-state index contributed by atoms with van der Waals surface area (Å²) in [6, 6.07) is 1.91. The number of nitrogens with one attached hydrogen (secondary N) is 1. The molecule has 0 aliphatic carbocycles. The molecule has 3 heterocycles. The lowest BCUT2D eigenvalue weighted by atomic mass is 9.91. The van der Waals surface area contributed by atoms with Crippen molar-refractivity contribution in [3.63, 3.8) is 0 Å². The molecule has 1 aromatic rings. The minimum atomic E-state index is -4.60. The summed E-state index contributed by atoms with van der Waals surface area (Å²) >= 11 is 0. The highest BCUT2D eigenvalue weighted by Gasteiger charge is 2.43. The molecule has 3 aliphatic rings. The number of rotatable bonds is 3. The van der Waals surface area contributed by atoms with Gasteiger partial charge in [-0.05, 0) is 12.1 Å². The zero-order valence-electron chi connectivity index (χ0n) is 16.8. The highest BCUT2D eigenvalue weighted by Crippen LogP contribution is 2.31. The molecule has 3 atom stereocenters. The number of morpholine rings is 1. The third-order valence-electron chi connectivity index (χ3n) is 5.88. The van der Waals surface area contributed by atoms with Crippen molar-refractivity contribution in [1.29, 1.82) is 0 Å². The maximum atomic E-state index is 13.9. The largest absolute Gasteiger partial charge is 0.416 e. The summed E-state index contributed by atoms with van der Waals surface area (Å²) < 4.78 is 62.9. The number of halogens is 4. The topological polar surface area (TPSA) is 71.1 Å². The molecule has 4 rings (SSSR count). The van der Waals surface area contributed by atoms with E-state index < -0.39 is 17.6 Å². The van der Waals surface area contributed by atoms with Crippen LogP contribution in [-0.4, -0.2) is 72.8 Å². The Morgan fingerprint density at radius 3 is 2.61 bits per heavy atom. The molecule has 7 nitrogen and oxygen atoms in total. The number of hydrogen-bond donors (Lipinski definition) is 1. The van der Waals surface area contributed by atoms with E-state index in [0.717, 1.165) is 12.1 Å². The Bertz CT molecular complexity index is 859. The molecule has 170 valence electrons. The summed E-state index contributed by atoms with van der Waals surface area (Å²) in [7, 11) is 0. The number of amides is 3. The van der Waals surface area contributed by atoms with Gasteiger partial charge in [0.2, 0.25) is 5.91 Å². The molecular formula is C20H23F4N3O4. The normalized spacial score (nSPS) is 26.9. The van der Waals surface area contributed by atoms with E-state index >= 15 is 0 Å². The van der Waals surface area contributed by atoms with E-state index in [0.29, 0.717) is 32.2 Å². The van der Waals surface area contributed by atoms with Gasteiger partial charge in [-0.15, -0.1) is 0 Å². The number of nitrogens with zero attached hydrogens (tertiary/aromatic N) is 2. The first-order chi connectivity index (χ1) is 14.6. The maximum absolute atomic E-state index is 13.9. The number of urea groups is 1. The zero-order chi connectivity index (χ0) is 22.3. The number of ether oxygens (including phenoxy) is 2. The van der Waals surface area contributed by atoms with Crippen molar-refractivity contribution in [2.75, 3.05) is 32.8 Å². The summed E-state index contributed by atoms with van der Waals surface area (Å²) in [5, 5.41) is 2.87. The van der Waals surface area contributed by atoms with Gasteiger partial charge in [-0.25, -0.2) is 9.18 Å². The van der Waals surface area contributed by atoms with Crippen LogP contribution >= 0.6 is 0 Å². The van der Waals surface area contributed by atoms with E-state index in [1.807, 2.05) is 6.92 Å². The van der Waals surface area contributed by atoms with Crippen molar-refractivity contribution in [1.82, 2.24) is 15.1 Å². The number of piperidine rings is 1. The second kappa shape index (κ2) is 8.27. The molecule has 0 saturated carbocycles. The van der Waals surface area contributed by atoms with E-state index in [9.17, 15) is 27.2 Å². The highest BCUT2D eigenvalue weighted by molar-refractivity contribution is 5.79. The molecule has 0 aromatic heterocycles. The molecule has 3 fully saturated rings. The molecule has 11 heteroatoms. The molecule has 0 radical (unpaired) electrons. The van der Waals surface area contributed by atoms with Crippen LogP contribution in [0.25, 0.3) is 0 Å². The summed E-state index contributed by atoms with van der Waals surface area (Å²) in [4.78, 5) is 27.6. The van der Waals surface area contributed by atoms with Crippen molar-refractivity contribution in [3.05, 3.63) is 35.1 Å². The maximum Gasteiger partial charge on any atom is 0.416 e. The lowest BCUT2D eigenvalue weighted by Crippen LogP contribution is -2.67. The number of likely N-dealkylation sites (tertiary alicyclic amines) is 2. The van der Waals surface area contributed by atoms with Crippen molar-refractivity contribution in [2.45, 2.75) is 38.0 Å². The Balaban J connectivity index is 1.26. The van der Waals surface area contributed by atoms with Crippen LogP contribution in [0.3, 0.4) is 0 Å². The first kappa shape index (κ1) is 21.8. The molecule has 31 heavy (non-hydrogen) atoms. The third kappa shape index (κ3) is 4.62. The SMILES string of the molecule is C[C@@H]1CN(C(=O)N2CC(OCc3ccc(C(F)(F)F)cc3F)C2)C[C@H]2NC(=O)CO[C@@H]12. The van der Waals surface area contributed by atoms with Gasteiger partial charge in [0.1, 0.15) is 12.4 Å². The quantitative estimate of drug-likeness (QED) is 0.723. The van der Waals surface area contributed by atoms with E-state index in [4.69, 9.17) is 9.47 Å². The van der Waals surface area contributed by atoms with Crippen LogP contribution in [0.2, 0.25) is 0 Å². The molecule has 0 bridgehead atoms. The Hall–Kier alpha value is -2.40. The average molecular weight is 445 g/mol. The van der Waals surface area contributed by atoms with Crippen molar-refractivity contribution in [3.8, 4) is 0 Å². The second-order valence-corrected chi connectivity index (χ2v) is 8.26. The van der Waals surface area contributed by atoms with Gasteiger partial charge in [0.15, 0.2) is 0 Å². The lowest BCUT2D eigenvalue weighted by molar-refractivity contribution is -0.144. The second-order valence-electron chi connectivity index (χ2n) is 8.26. The minimum absolute atomic E-state index is 0.0294. The Morgan fingerprint density at radius 2 is 1.94 bits per heavy atom. The van der Waals surface area contributed by atoms with Crippen LogP contribution in [0.1, 0.15) is 18.1 Å². The van der Waals surface area contributed by atoms with Crippen LogP contribution in [0.15, 0.2) is 18.2 Å². The zero-order valence-corrected chi connectivity index (χ0v) is 16.8. The van der Waals surface area contributed by atoms with E-state index in [2.05, 4.69) is 5.32 Å². The van der Waals surface area contributed by atoms with Gasteiger partial charge in [-0.2, -0.15) is 13.2 Å². The van der Waals surface area contributed by atoms with Crippen LogP contribution in [0.4, 0.5) is 22.4 Å². The number of fused-ring (bicyclic) bond motifs is 1. The standard InChI is InChI=1S/C20H23F4N3O4/c1-11-5-26(8-16-18(11)31-10-17(28)25-16)19(29)27-6-14(7-27)30-9-12-2-3-13(4-15(12)21)20(22,23)24/h2-4,11,14,16,18H,5-10H2,1H3,(H,25,28)/t11-,16-,18+/m1/s1. The van der Waals surface area contributed by atoms with E-state index in [-0.39, 0.29) is 54.9 Å². The fourth-order valence-electron chi connectivity index (χ4n) is 4.20. The van der Waals surface area contributed by atoms with E-state index in [1.54, 1.807) is 9.80 Å². The van der Waals surface area contributed by atoms with Crippen LogP contribution in [0, 0.1) is 11.7 Å². The Labute approximate surface area is 176 Å². The van der Waals surface area contributed by atoms with Gasteiger partial charge in [-0.3, -0.25) is 4.79 Å². The van der Waals surface area contributed by atoms with Gasteiger partial charge >= 0.3 is 12.2 Å². The number of carbonyl (C=O) groups excluding carboxylic acids is 2. The summed E-state index contributed by atoms with van der Waals surface area (Å²) in [5.41, 5.74) is -1.02. The van der Waals surface area contributed by atoms with Gasteiger partial charge < -0.3 is 24.6 Å². The van der Waals surface area contributed by atoms with Gasteiger partial charge in [0.25, 0.3) is 0 Å². The van der Waals surface area contributed by atoms with Crippen molar-refractivity contribution < 1.29 is 36.6 Å². The summed E-state index contributed by atoms with van der Waals surface area (Å²) in [5.74, 6) is -1.11. The number of hydrogen-bond acceptors (Lipinski definition) is 4. The molecule has 3 aliphatic heterocycles. The van der Waals surface area contributed by atoms with Crippen molar-refractivity contribution in [2.24, 2.45) is 5.92 Å². The predicted molar refractivity (Wildman–Crippen MR) is 99.4 cm³/mol. The smallest absolute Gasteiger partial charge is 0.370 e. The lowest BCUT2D eigenvalue weighted by Gasteiger charge is -2.48. The van der Waals surface area contributed by atoms with Crippen molar-refractivity contribution >= 4 is 11.9 Å². The monoisotopic (exact) mass is 445 g/mol. The van der Waals surface area contributed by atoms with Crippen LogP contribution < -0.4 is 5.32 Å². The molecular weight excluding hydrogens is 422 g/mol. The first-order valence-corrected chi connectivity index (χ1v) is 10.0. The molecule has 1 N–H and O–H groups in total. The van der Waals surface area contributed by atoms with Crippen LogP contribution in [-0.2, 0) is 27.1 Å². The highest BCUT2D eigenvalue weighted by atomic mass is 19.4. The fraction of sp³-hybridized carbons (Fsp3) is 0.600. The van der Waals surface area contributed by atoms with Gasteiger partial charge in [0, 0.05) is 24.6 Å². The van der Waals surface area contributed by atoms with E-state index in [1.165, 1.54) is 0 Å². The third-order valence-corrected chi connectivity index (χ3v) is 5.88. The Kier molecular flexibility index (Phi) is 5.82. The molecule has 3 saturated heterocycles. The molecule has 0 unspecified atom stereocenters. The number of benzene rings is 1. The summed E-state index contributed by atoms with van der Waals surface area (Å²) in [6.07, 6.45) is -5.04. The minimum Gasteiger partial charge on any atom is -0.370 e. The molecule has 3 amide bonds. The summed E-state index contributed by atoms with van der Waals surface area (Å²) in [6.45, 7) is 3.31. The Morgan fingerprint density at radius 1 is 1.23 bits per heavy atom.